The summed E-state index contributed by atoms with van der Waals surface area (Å²) in [5, 5.41) is 3.29. The Labute approximate surface area is 97.2 Å². The van der Waals surface area contributed by atoms with Gasteiger partial charge in [-0.05, 0) is 31.4 Å². The normalized spacial score (nSPS) is 20.3. The van der Waals surface area contributed by atoms with E-state index in [0.29, 0.717) is 12.0 Å². The molecule has 1 aromatic heterocycles. The number of pyridine rings is 1. The van der Waals surface area contributed by atoms with Gasteiger partial charge >= 0.3 is 0 Å². The molecule has 1 saturated heterocycles. The Morgan fingerprint density at radius 1 is 1.50 bits per heavy atom. The first-order valence-electron chi connectivity index (χ1n) is 6.07. The van der Waals surface area contributed by atoms with E-state index >= 15 is 0 Å². The maximum atomic E-state index is 5.82. The van der Waals surface area contributed by atoms with Crippen molar-refractivity contribution >= 4 is 0 Å². The molecule has 0 radical (unpaired) electrons. The number of nitrogens with one attached hydrogen (secondary N) is 1. The molecule has 3 heteroatoms. The fraction of sp³-hybridized carbons (Fsp3) is 0.615. The first-order chi connectivity index (χ1) is 7.74. The third-order valence-corrected chi connectivity index (χ3v) is 2.70. The van der Waals surface area contributed by atoms with Gasteiger partial charge in [-0.2, -0.15) is 0 Å². The van der Waals surface area contributed by atoms with Crippen LogP contribution in [0.15, 0.2) is 18.2 Å². The zero-order chi connectivity index (χ0) is 11.4. The van der Waals surface area contributed by atoms with Crippen LogP contribution in [0.25, 0.3) is 0 Å². The average molecular weight is 220 g/mol. The van der Waals surface area contributed by atoms with Gasteiger partial charge in [-0.25, -0.2) is 4.98 Å². The molecule has 1 aromatic rings. The first kappa shape index (κ1) is 11.4. The number of nitrogens with zero attached hydrogens (tertiary/aromatic N) is 1. The highest BCUT2D eigenvalue weighted by atomic mass is 16.5. The van der Waals surface area contributed by atoms with E-state index in [0.717, 1.165) is 37.5 Å². The lowest BCUT2D eigenvalue weighted by Crippen LogP contribution is -2.20. The van der Waals surface area contributed by atoms with Gasteiger partial charge < -0.3 is 10.1 Å². The molecule has 0 bridgehead atoms. The third kappa shape index (κ3) is 3.20. The molecule has 1 aliphatic heterocycles. The van der Waals surface area contributed by atoms with Crippen LogP contribution < -0.4 is 10.1 Å². The van der Waals surface area contributed by atoms with Crippen LogP contribution >= 0.6 is 0 Å². The summed E-state index contributed by atoms with van der Waals surface area (Å²) in [7, 11) is 0. The van der Waals surface area contributed by atoms with E-state index in [9.17, 15) is 0 Å². The van der Waals surface area contributed by atoms with Crippen LogP contribution in [0.3, 0.4) is 0 Å². The van der Waals surface area contributed by atoms with Crippen LogP contribution in [0.1, 0.15) is 26.0 Å². The largest absolute Gasteiger partial charge is 0.473 e. The summed E-state index contributed by atoms with van der Waals surface area (Å²) < 4.78 is 5.82. The summed E-state index contributed by atoms with van der Waals surface area (Å²) in [5.41, 5.74) is 1.12. The monoisotopic (exact) mass is 220 g/mol. The third-order valence-electron chi connectivity index (χ3n) is 2.70. The standard InChI is InChI=1S/C13H20N2O/c1-10(2)8-11-4-3-5-13(15-11)16-12-6-7-14-9-12/h3-5,10,12,14H,6-9H2,1-2H3. The van der Waals surface area contributed by atoms with Crippen molar-refractivity contribution < 1.29 is 4.74 Å². The van der Waals surface area contributed by atoms with Gasteiger partial charge in [0.2, 0.25) is 5.88 Å². The predicted molar refractivity (Wildman–Crippen MR) is 64.7 cm³/mol. The van der Waals surface area contributed by atoms with Gasteiger partial charge in [0.05, 0.1) is 0 Å². The molecular formula is C13H20N2O. The van der Waals surface area contributed by atoms with Crippen LogP contribution in [0, 0.1) is 5.92 Å². The lowest BCUT2D eigenvalue weighted by Gasteiger charge is -2.12. The molecule has 0 amide bonds. The topological polar surface area (TPSA) is 34.1 Å². The number of hydrogen-bond acceptors (Lipinski definition) is 3. The maximum Gasteiger partial charge on any atom is 0.213 e. The molecule has 16 heavy (non-hydrogen) atoms. The van der Waals surface area contributed by atoms with Crippen molar-refractivity contribution in [2.24, 2.45) is 5.92 Å². The molecule has 2 heterocycles. The van der Waals surface area contributed by atoms with Gasteiger partial charge in [0.15, 0.2) is 0 Å². The molecule has 1 atom stereocenters. The SMILES string of the molecule is CC(C)Cc1cccc(OC2CCNC2)n1. The van der Waals surface area contributed by atoms with E-state index in [2.05, 4.69) is 30.2 Å². The summed E-state index contributed by atoms with van der Waals surface area (Å²) in [6, 6.07) is 6.05. The van der Waals surface area contributed by atoms with E-state index < -0.39 is 0 Å². The van der Waals surface area contributed by atoms with Crippen molar-refractivity contribution in [1.29, 1.82) is 0 Å². The lowest BCUT2D eigenvalue weighted by molar-refractivity contribution is 0.213. The average Bonchev–Trinajstić information content (AvgIpc) is 2.70. The van der Waals surface area contributed by atoms with Crippen LogP contribution in [-0.2, 0) is 6.42 Å². The van der Waals surface area contributed by atoms with Crippen molar-refractivity contribution in [2.45, 2.75) is 32.8 Å². The minimum absolute atomic E-state index is 0.293. The zero-order valence-electron chi connectivity index (χ0n) is 10.1. The van der Waals surface area contributed by atoms with E-state index in [1.54, 1.807) is 0 Å². The molecule has 2 rings (SSSR count). The number of ether oxygens (including phenoxy) is 1. The zero-order valence-corrected chi connectivity index (χ0v) is 10.1. The lowest BCUT2D eigenvalue weighted by atomic mass is 10.1. The van der Waals surface area contributed by atoms with E-state index in [4.69, 9.17) is 4.74 Å². The molecule has 1 N–H and O–H groups in total. The van der Waals surface area contributed by atoms with Crippen LogP contribution in [0.4, 0.5) is 0 Å². The van der Waals surface area contributed by atoms with Gasteiger partial charge in [-0.3, -0.25) is 0 Å². The van der Waals surface area contributed by atoms with Crippen molar-refractivity contribution in [3.63, 3.8) is 0 Å². The van der Waals surface area contributed by atoms with Gasteiger partial charge in [0.1, 0.15) is 6.10 Å². The molecule has 3 nitrogen and oxygen atoms in total. The Morgan fingerprint density at radius 3 is 3.06 bits per heavy atom. The number of aromatic nitrogens is 1. The summed E-state index contributed by atoms with van der Waals surface area (Å²) in [6.45, 7) is 6.40. The van der Waals surface area contributed by atoms with Crippen molar-refractivity contribution in [3.8, 4) is 5.88 Å². The molecule has 0 aromatic carbocycles. The Bertz CT molecular complexity index is 332. The van der Waals surface area contributed by atoms with Crippen LogP contribution in [0.2, 0.25) is 0 Å². The molecule has 88 valence electrons. The van der Waals surface area contributed by atoms with E-state index in [-0.39, 0.29) is 0 Å². The molecular weight excluding hydrogens is 200 g/mol. The van der Waals surface area contributed by atoms with Crippen molar-refractivity contribution in [2.75, 3.05) is 13.1 Å². The molecule has 0 aliphatic carbocycles. The minimum atomic E-state index is 0.293. The highest BCUT2D eigenvalue weighted by molar-refractivity contribution is 5.16. The Kier molecular flexibility index (Phi) is 3.78. The Balaban J connectivity index is 1.97. The van der Waals surface area contributed by atoms with Gasteiger partial charge in [0, 0.05) is 18.3 Å². The Morgan fingerprint density at radius 2 is 2.38 bits per heavy atom. The molecule has 0 saturated carbocycles. The van der Waals surface area contributed by atoms with Crippen LogP contribution in [0.5, 0.6) is 5.88 Å². The first-order valence-corrected chi connectivity index (χ1v) is 6.07. The predicted octanol–water partition coefficient (Wildman–Crippen LogP) is 2.02. The molecule has 1 unspecified atom stereocenters. The van der Waals surface area contributed by atoms with Crippen LogP contribution in [-0.4, -0.2) is 24.2 Å². The van der Waals surface area contributed by atoms with Gasteiger partial charge in [-0.15, -0.1) is 0 Å². The molecule has 1 aliphatic rings. The molecule has 0 spiro atoms. The second-order valence-corrected chi connectivity index (χ2v) is 4.80. The van der Waals surface area contributed by atoms with E-state index in [1.165, 1.54) is 0 Å². The smallest absolute Gasteiger partial charge is 0.213 e. The number of rotatable bonds is 4. The molecule has 1 fully saturated rings. The van der Waals surface area contributed by atoms with E-state index in [1.807, 2.05) is 12.1 Å². The fourth-order valence-corrected chi connectivity index (χ4v) is 1.95. The highest BCUT2D eigenvalue weighted by Crippen LogP contribution is 2.14. The van der Waals surface area contributed by atoms with Gasteiger partial charge in [0.25, 0.3) is 0 Å². The van der Waals surface area contributed by atoms with Gasteiger partial charge in [-0.1, -0.05) is 19.9 Å². The van der Waals surface area contributed by atoms with Crippen molar-refractivity contribution in [3.05, 3.63) is 23.9 Å². The quantitative estimate of drug-likeness (QED) is 0.843. The Hall–Kier alpha value is -1.09. The maximum absolute atomic E-state index is 5.82. The minimum Gasteiger partial charge on any atom is -0.473 e. The fourth-order valence-electron chi connectivity index (χ4n) is 1.95. The van der Waals surface area contributed by atoms with Crippen molar-refractivity contribution in [1.82, 2.24) is 10.3 Å². The summed E-state index contributed by atoms with van der Waals surface area (Å²) in [5.74, 6) is 1.41. The summed E-state index contributed by atoms with van der Waals surface area (Å²) in [4.78, 5) is 4.53. The second kappa shape index (κ2) is 5.30. The second-order valence-electron chi connectivity index (χ2n) is 4.80. The summed E-state index contributed by atoms with van der Waals surface area (Å²) >= 11 is 0. The summed E-state index contributed by atoms with van der Waals surface area (Å²) in [6.07, 6.45) is 2.39. The number of hydrogen-bond donors (Lipinski definition) is 1. The highest BCUT2D eigenvalue weighted by Gasteiger charge is 2.16.